The number of amides is 1. The largest absolute Gasteiger partial charge is 0.456 e. The molecular weight excluding hydrogens is 472 g/mol. The molecule has 6 nitrogen and oxygen atoms in total. The lowest BCUT2D eigenvalue weighted by Gasteiger charge is -2.13. The summed E-state index contributed by atoms with van der Waals surface area (Å²) in [5.74, 6) is -0.954. The second-order valence-electron chi connectivity index (χ2n) is 9.18. The summed E-state index contributed by atoms with van der Waals surface area (Å²) in [5, 5.41) is 4.48. The SMILES string of the molecule is Cc1ccc(C(=O)c2c(NC(=O)COC(=O)CCc3c[nH]c4ccccc34)sc3c2CCCC3)cc1. The maximum Gasteiger partial charge on any atom is 0.306 e. The van der Waals surface area contributed by atoms with E-state index in [9.17, 15) is 14.4 Å². The van der Waals surface area contributed by atoms with Gasteiger partial charge in [-0.05, 0) is 56.2 Å². The van der Waals surface area contributed by atoms with Gasteiger partial charge in [0.25, 0.3) is 5.91 Å². The lowest BCUT2D eigenvalue weighted by molar-refractivity contribution is -0.147. The van der Waals surface area contributed by atoms with Gasteiger partial charge in [0.05, 0.1) is 5.56 Å². The predicted molar refractivity (Wildman–Crippen MR) is 142 cm³/mol. The minimum Gasteiger partial charge on any atom is -0.456 e. The van der Waals surface area contributed by atoms with Gasteiger partial charge < -0.3 is 15.0 Å². The molecule has 184 valence electrons. The van der Waals surface area contributed by atoms with Crippen molar-refractivity contribution in [1.29, 1.82) is 0 Å². The van der Waals surface area contributed by atoms with E-state index in [0.29, 0.717) is 22.5 Å². The summed E-state index contributed by atoms with van der Waals surface area (Å²) in [6, 6.07) is 15.4. The van der Waals surface area contributed by atoms with E-state index in [0.717, 1.165) is 58.2 Å². The van der Waals surface area contributed by atoms with Crippen molar-refractivity contribution in [2.75, 3.05) is 11.9 Å². The number of esters is 1. The van der Waals surface area contributed by atoms with Crippen LogP contribution in [-0.2, 0) is 33.6 Å². The maximum atomic E-state index is 13.4. The van der Waals surface area contributed by atoms with Gasteiger partial charge in [0.1, 0.15) is 5.00 Å². The molecular formula is C29H28N2O4S. The maximum absolute atomic E-state index is 13.4. The lowest BCUT2D eigenvalue weighted by Crippen LogP contribution is -2.21. The number of carbonyl (C=O) groups excluding carboxylic acids is 3. The van der Waals surface area contributed by atoms with Crippen LogP contribution in [0.3, 0.4) is 0 Å². The zero-order valence-electron chi connectivity index (χ0n) is 20.2. The molecule has 0 unspecified atom stereocenters. The van der Waals surface area contributed by atoms with E-state index >= 15 is 0 Å². The summed E-state index contributed by atoms with van der Waals surface area (Å²) in [7, 11) is 0. The Kier molecular flexibility index (Phi) is 7.00. The van der Waals surface area contributed by atoms with Crippen molar-refractivity contribution in [2.24, 2.45) is 0 Å². The first-order valence-corrected chi connectivity index (χ1v) is 13.1. The van der Waals surface area contributed by atoms with E-state index in [2.05, 4.69) is 10.3 Å². The molecule has 0 saturated carbocycles. The quantitative estimate of drug-likeness (QED) is 0.238. The molecule has 1 aliphatic rings. The fourth-order valence-electron chi connectivity index (χ4n) is 4.70. The molecule has 2 N–H and O–H groups in total. The van der Waals surface area contributed by atoms with E-state index in [-0.39, 0.29) is 18.8 Å². The molecule has 1 aliphatic carbocycles. The topological polar surface area (TPSA) is 88.3 Å². The van der Waals surface area contributed by atoms with Crippen molar-refractivity contribution in [3.05, 3.63) is 87.4 Å². The number of anilines is 1. The molecule has 2 aromatic heterocycles. The van der Waals surface area contributed by atoms with Crippen molar-refractivity contribution >= 4 is 44.9 Å². The average Bonchev–Trinajstić information content (AvgIpc) is 3.47. The number of rotatable bonds is 8. The number of aryl methyl sites for hydroxylation is 3. The molecule has 1 amide bonds. The summed E-state index contributed by atoms with van der Waals surface area (Å²) < 4.78 is 5.25. The fourth-order valence-corrected chi connectivity index (χ4v) is 6.00. The highest BCUT2D eigenvalue weighted by molar-refractivity contribution is 7.17. The van der Waals surface area contributed by atoms with Crippen LogP contribution in [0.2, 0.25) is 0 Å². The Morgan fingerprint density at radius 1 is 1.03 bits per heavy atom. The molecule has 0 spiro atoms. The number of fused-ring (bicyclic) bond motifs is 2. The summed E-state index contributed by atoms with van der Waals surface area (Å²) in [6.45, 7) is 1.60. The third-order valence-electron chi connectivity index (χ3n) is 6.60. The van der Waals surface area contributed by atoms with Crippen LogP contribution in [-0.4, -0.2) is 29.3 Å². The Hall–Kier alpha value is -3.71. The molecule has 0 bridgehead atoms. The van der Waals surface area contributed by atoms with Crippen LogP contribution in [0.1, 0.15) is 56.8 Å². The van der Waals surface area contributed by atoms with Crippen molar-refractivity contribution < 1.29 is 19.1 Å². The van der Waals surface area contributed by atoms with Gasteiger partial charge in [0.15, 0.2) is 12.4 Å². The zero-order chi connectivity index (χ0) is 25.1. The molecule has 0 aliphatic heterocycles. The average molecular weight is 501 g/mol. The normalized spacial score (nSPS) is 12.8. The third-order valence-corrected chi connectivity index (χ3v) is 7.81. The van der Waals surface area contributed by atoms with Gasteiger partial charge in [-0.2, -0.15) is 0 Å². The number of carbonyl (C=O) groups is 3. The van der Waals surface area contributed by atoms with Gasteiger partial charge in [0, 0.05) is 34.0 Å². The first kappa shape index (κ1) is 24.0. The lowest BCUT2D eigenvalue weighted by atomic mass is 9.91. The number of hydrogen-bond acceptors (Lipinski definition) is 5. The standard InChI is InChI=1S/C29H28N2O4S/c1-18-10-12-19(13-11-18)28(34)27-22-7-3-5-9-24(22)36-29(27)31-25(32)17-35-26(33)15-14-20-16-30-23-8-4-2-6-21(20)23/h2,4,6,8,10-13,16,30H,3,5,7,9,14-15,17H2,1H3,(H,31,32). The van der Waals surface area contributed by atoms with Crippen molar-refractivity contribution in [2.45, 2.75) is 45.4 Å². The van der Waals surface area contributed by atoms with E-state index in [1.165, 1.54) is 11.3 Å². The van der Waals surface area contributed by atoms with Gasteiger partial charge in [-0.25, -0.2) is 0 Å². The second kappa shape index (κ2) is 10.5. The van der Waals surface area contributed by atoms with Gasteiger partial charge >= 0.3 is 5.97 Å². The summed E-state index contributed by atoms with van der Waals surface area (Å²) in [4.78, 5) is 42.8. The van der Waals surface area contributed by atoms with Crippen LogP contribution in [0, 0.1) is 6.92 Å². The van der Waals surface area contributed by atoms with Crippen LogP contribution in [0.4, 0.5) is 5.00 Å². The van der Waals surface area contributed by atoms with Gasteiger partial charge in [-0.3, -0.25) is 14.4 Å². The van der Waals surface area contributed by atoms with Gasteiger partial charge in [0.2, 0.25) is 0 Å². The number of benzene rings is 2. The monoisotopic (exact) mass is 500 g/mol. The highest BCUT2D eigenvalue weighted by Crippen LogP contribution is 2.39. The number of ether oxygens (including phenoxy) is 1. The van der Waals surface area contributed by atoms with Crippen molar-refractivity contribution in [3.8, 4) is 0 Å². The Bertz CT molecular complexity index is 1430. The number of thiophene rings is 1. The fraction of sp³-hybridized carbons (Fsp3) is 0.276. The Morgan fingerprint density at radius 2 is 1.81 bits per heavy atom. The Labute approximate surface area is 213 Å². The minimum absolute atomic E-state index is 0.0829. The predicted octanol–water partition coefficient (Wildman–Crippen LogP) is 5.76. The first-order valence-electron chi connectivity index (χ1n) is 12.3. The molecule has 5 rings (SSSR count). The van der Waals surface area contributed by atoms with Crippen LogP contribution < -0.4 is 5.32 Å². The van der Waals surface area contributed by atoms with E-state index in [1.54, 1.807) is 0 Å². The third kappa shape index (κ3) is 5.11. The molecule has 0 fully saturated rings. The Morgan fingerprint density at radius 3 is 2.64 bits per heavy atom. The van der Waals surface area contributed by atoms with Crippen LogP contribution in [0.15, 0.2) is 54.7 Å². The number of para-hydroxylation sites is 1. The number of aromatic amines is 1. The molecule has 0 radical (unpaired) electrons. The molecule has 2 heterocycles. The number of hydrogen-bond donors (Lipinski definition) is 2. The van der Waals surface area contributed by atoms with E-state index in [4.69, 9.17) is 4.74 Å². The second-order valence-corrected chi connectivity index (χ2v) is 10.3. The molecule has 0 saturated heterocycles. The van der Waals surface area contributed by atoms with E-state index in [1.807, 2.05) is 61.7 Å². The summed E-state index contributed by atoms with van der Waals surface area (Å²) >= 11 is 1.46. The summed E-state index contributed by atoms with van der Waals surface area (Å²) in [6.07, 6.45) is 6.45. The van der Waals surface area contributed by atoms with Crippen molar-refractivity contribution in [1.82, 2.24) is 4.98 Å². The molecule has 2 aromatic carbocycles. The van der Waals surface area contributed by atoms with Crippen LogP contribution >= 0.6 is 11.3 Å². The number of aromatic nitrogens is 1. The first-order chi connectivity index (χ1) is 17.5. The van der Waals surface area contributed by atoms with Crippen LogP contribution in [0.25, 0.3) is 10.9 Å². The van der Waals surface area contributed by atoms with Crippen LogP contribution in [0.5, 0.6) is 0 Å². The van der Waals surface area contributed by atoms with E-state index < -0.39 is 11.9 Å². The van der Waals surface area contributed by atoms with Gasteiger partial charge in [-0.15, -0.1) is 11.3 Å². The zero-order valence-corrected chi connectivity index (χ0v) is 21.0. The molecule has 0 atom stereocenters. The number of ketones is 1. The van der Waals surface area contributed by atoms with Crippen molar-refractivity contribution in [3.63, 3.8) is 0 Å². The molecule has 4 aromatic rings. The number of nitrogens with one attached hydrogen (secondary N) is 2. The molecule has 7 heteroatoms. The minimum atomic E-state index is -0.438. The highest BCUT2D eigenvalue weighted by atomic mass is 32.1. The van der Waals surface area contributed by atoms with Gasteiger partial charge in [-0.1, -0.05) is 48.0 Å². The summed E-state index contributed by atoms with van der Waals surface area (Å²) in [5.41, 5.74) is 5.37. The number of H-pyrrole nitrogens is 1. The highest BCUT2D eigenvalue weighted by Gasteiger charge is 2.27. The molecule has 36 heavy (non-hydrogen) atoms. The smallest absolute Gasteiger partial charge is 0.306 e. The Balaban J connectivity index is 1.23.